The van der Waals surface area contributed by atoms with Crippen LogP contribution in [0.4, 0.5) is 0 Å². The van der Waals surface area contributed by atoms with Crippen molar-refractivity contribution in [2.24, 2.45) is 5.41 Å². The van der Waals surface area contributed by atoms with Crippen LogP contribution in [0.2, 0.25) is 0 Å². The molecule has 4 nitrogen and oxygen atoms in total. The fraction of sp³-hybridized carbons (Fsp3) is 0.462. The highest BCUT2D eigenvalue weighted by molar-refractivity contribution is 5.77. The summed E-state index contributed by atoms with van der Waals surface area (Å²) in [5, 5.41) is 12.5. The fourth-order valence-corrected chi connectivity index (χ4v) is 2.26. The van der Waals surface area contributed by atoms with Gasteiger partial charge in [0.2, 0.25) is 0 Å². The van der Waals surface area contributed by atoms with E-state index in [9.17, 15) is 9.90 Å². The standard InChI is InChI=1S/C13H17NO3/c1-9-3-5-10(6-4-9)11(14-2)13(12(15)16)7-17-8-13/h3-6,11,14H,7-8H2,1-2H3,(H,15,16). The molecule has 1 aromatic rings. The van der Waals surface area contributed by atoms with Crippen LogP contribution in [0.25, 0.3) is 0 Å². The lowest BCUT2D eigenvalue weighted by Gasteiger charge is -2.43. The fourth-order valence-electron chi connectivity index (χ4n) is 2.26. The summed E-state index contributed by atoms with van der Waals surface area (Å²) in [6.07, 6.45) is 0. The van der Waals surface area contributed by atoms with Gasteiger partial charge in [-0.2, -0.15) is 0 Å². The topological polar surface area (TPSA) is 58.6 Å². The van der Waals surface area contributed by atoms with Crippen molar-refractivity contribution in [2.45, 2.75) is 13.0 Å². The maximum atomic E-state index is 11.4. The minimum atomic E-state index is -0.829. The van der Waals surface area contributed by atoms with Gasteiger partial charge < -0.3 is 15.2 Å². The van der Waals surface area contributed by atoms with E-state index in [2.05, 4.69) is 5.32 Å². The van der Waals surface area contributed by atoms with Crippen LogP contribution in [0.1, 0.15) is 17.2 Å². The van der Waals surface area contributed by atoms with Crippen LogP contribution in [0.5, 0.6) is 0 Å². The summed E-state index contributed by atoms with van der Waals surface area (Å²) >= 11 is 0. The molecule has 1 unspecified atom stereocenters. The third-order valence-electron chi connectivity index (χ3n) is 3.40. The van der Waals surface area contributed by atoms with Crippen LogP contribution < -0.4 is 5.32 Å². The van der Waals surface area contributed by atoms with Crippen molar-refractivity contribution < 1.29 is 14.6 Å². The van der Waals surface area contributed by atoms with Crippen molar-refractivity contribution in [1.29, 1.82) is 0 Å². The van der Waals surface area contributed by atoms with E-state index in [0.29, 0.717) is 0 Å². The number of aryl methyl sites for hydroxylation is 1. The number of hydrogen-bond donors (Lipinski definition) is 2. The Balaban J connectivity index is 2.32. The van der Waals surface area contributed by atoms with Gasteiger partial charge in [0, 0.05) is 0 Å². The Hall–Kier alpha value is -1.39. The van der Waals surface area contributed by atoms with E-state index in [-0.39, 0.29) is 19.3 Å². The van der Waals surface area contributed by atoms with E-state index >= 15 is 0 Å². The van der Waals surface area contributed by atoms with Gasteiger partial charge in [-0.05, 0) is 19.5 Å². The molecule has 0 saturated carbocycles. The summed E-state index contributed by atoms with van der Waals surface area (Å²) in [6, 6.07) is 7.72. The van der Waals surface area contributed by atoms with E-state index in [0.717, 1.165) is 11.1 Å². The first-order valence-electron chi connectivity index (χ1n) is 5.65. The van der Waals surface area contributed by atoms with Gasteiger partial charge in [-0.25, -0.2) is 0 Å². The van der Waals surface area contributed by atoms with Gasteiger partial charge in [0.15, 0.2) is 0 Å². The molecule has 1 atom stereocenters. The zero-order chi connectivity index (χ0) is 12.5. The van der Waals surface area contributed by atoms with Crippen LogP contribution >= 0.6 is 0 Å². The molecule has 92 valence electrons. The monoisotopic (exact) mass is 235 g/mol. The van der Waals surface area contributed by atoms with E-state index in [1.807, 2.05) is 31.2 Å². The third-order valence-corrected chi connectivity index (χ3v) is 3.40. The van der Waals surface area contributed by atoms with E-state index < -0.39 is 11.4 Å². The van der Waals surface area contributed by atoms with Crippen LogP contribution in [0.3, 0.4) is 0 Å². The maximum Gasteiger partial charge on any atom is 0.316 e. The molecule has 0 radical (unpaired) electrons. The number of nitrogens with one attached hydrogen (secondary N) is 1. The van der Waals surface area contributed by atoms with Gasteiger partial charge in [0.1, 0.15) is 5.41 Å². The molecule has 1 aromatic carbocycles. The average molecular weight is 235 g/mol. The summed E-state index contributed by atoms with van der Waals surface area (Å²) in [7, 11) is 1.79. The van der Waals surface area contributed by atoms with Gasteiger partial charge in [0.05, 0.1) is 19.3 Å². The van der Waals surface area contributed by atoms with Crippen LogP contribution in [-0.4, -0.2) is 31.3 Å². The highest BCUT2D eigenvalue weighted by Gasteiger charge is 2.52. The van der Waals surface area contributed by atoms with E-state index in [1.54, 1.807) is 7.05 Å². The van der Waals surface area contributed by atoms with Crippen molar-refractivity contribution in [3.63, 3.8) is 0 Å². The molecule has 0 bridgehead atoms. The molecule has 1 fully saturated rings. The Kier molecular flexibility index (Phi) is 3.17. The van der Waals surface area contributed by atoms with Crippen LogP contribution in [0.15, 0.2) is 24.3 Å². The summed E-state index contributed by atoms with van der Waals surface area (Å²) in [6.45, 7) is 2.54. The molecule has 1 saturated heterocycles. The molecule has 0 spiro atoms. The summed E-state index contributed by atoms with van der Waals surface area (Å²) < 4.78 is 5.11. The predicted molar refractivity (Wildman–Crippen MR) is 63.9 cm³/mol. The molecular formula is C13H17NO3. The number of carboxylic acid groups (broad SMARTS) is 1. The highest BCUT2D eigenvalue weighted by Crippen LogP contribution is 2.40. The smallest absolute Gasteiger partial charge is 0.316 e. The maximum absolute atomic E-state index is 11.4. The second kappa shape index (κ2) is 4.47. The normalized spacial score (nSPS) is 19.4. The predicted octanol–water partition coefficient (Wildman–Crippen LogP) is 1.36. The number of benzene rings is 1. The molecule has 0 amide bonds. The van der Waals surface area contributed by atoms with Crippen molar-refractivity contribution in [3.05, 3.63) is 35.4 Å². The summed E-state index contributed by atoms with van der Waals surface area (Å²) in [4.78, 5) is 11.4. The van der Waals surface area contributed by atoms with Crippen molar-refractivity contribution in [2.75, 3.05) is 20.3 Å². The number of aliphatic carboxylic acids is 1. The molecule has 4 heteroatoms. The van der Waals surface area contributed by atoms with Gasteiger partial charge >= 0.3 is 5.97 Å². The quantitative estimate of drug-likeness (QED) is 0.827. The minimum absolute atomic E-state index is 0.214. The largest absolute Gasteiger partial charge is 0.481 e. The lowest BCUT2D eigenvalue weighted by atomic mass is 9.75. The number of hydrogen-bond acceptors (Lipinski definition) is 3. The Bertz CT molecular complexity index is 409. The molecule has 2 rings (SSSR count). The second-order valence-corrected chi connectivity index (χ2v) is 4.59. The second-order valence-electron chi connectivity index (χ2n) is 4.59. The molecule has 2 N–H and O–H groups in total. The molecule has 17 heavy (non-hydrogen) atoms. The summed E-state index contributed by atoms with van der Waals surface area (Å²) in [5.41, 5.74) is 1.32. The average Bonchev–Trinajstić information content (AvgIpc) is 2.24. The molecule has 0 aromatic heterocycles. The zero-order valence-corrected chi connectivity index (χ0v) is 10.1. The first-order chi connectivity index (χ1) is 8.10. The number of carboxylic acids is 1. The van der Waals surface area contributed by atoms with Crippen molar-refractivity contribution in [3.8, 4) is 0 Å². The van der Waals surface area contributed by atoms with Gasteiger partial charge in [-0.1, -0.05) is 29.8 Å². The lowest BCUT2D eigenvalue weighted by molar-refractivity contribution is -0.186. The van der Waals surface area contributed by atoms with Crippen molar-refractivity contribution >= 4 is 5.97 Å². The van der Waals surface area contributed by atoms with Gasteiger partial charge in [-0.3, -0.25) is 4.79 Å². The SMILES string of the molecule is CNC(c1ccc(C)cc1)C1(C(=O)O)COC1. The molecular weight excluding hydrogens is 218 g/mol. The molecule has 0 aliphatic carbocycles. The van der Waals surface area contributed by atoms with E-state index in [4.69, 9.17) is 4.74 Å². The van der Waals surface area contributed by atoms with E-state index in [1.165, 1.54) is 0 Å². The molecule has 1 aliphatic rings. The first kappa shape index (κ1) is 12.1. The van der Waals surface area contributed by atoms with Crippen molar-refractivity contribution in [1.82, 2.24) is 5.32 Å². The van der Waals surface area contributed by atoms with Crippen LogP contribution in [-0.2, 0) is 9.53 Å². The molecule has 1 aliphatic heterocycles. The Morgan fingerprint density at radius 1 is 1.41 bits per heavy atom. The number of ether oxygens (including phenoxy) is 1. The first-order valence-corrected chi connectivity index (χ1v) is 5.65. The Labute approximate surface area is 101 Å². The Morgan fingerprint density at radius 3 is 2.35 bits per heavy atom. The number of rotatable bonds is 4. The van der Waals surface area contributed by atoms with Gasteiger partial charge in [-0.15, -0.1) is 0 Å². The van der Waals surface area contributed by atoms with Gasteiger partial charge in [0.25, 0.3) is 0 Å². The Morgan fingerprint density at radius 2 is 2.00 bits per heavy atom. The summed E-state index contributed by atoms with van der Waals surface area (Å²) in [5.74, 6) is -0.802. The van der Waals surface area contributed by atoms with Crippen LogP contribution in [0, 0.1) is 12.3 Å². The molecule has 1 heterocycles. The zero-order valence-electron chi connectivity index (χ0n) is 10.1. The minimum Gasteiger partial charge on any atom is -0.481 e. The highest BCUT2D eigenvalue weighted by atomic mass is 16.5. The third kappa shape index (κ3) is 1.94. The number of carbonyl (C=O) groups is 1. The lowest BCUT2D eigenvalue weighted by Crippen LogP contribution is -2.56.